The Labute approximate surface area is 205 Å². The van der Waals surface area contributed by atoms with Gasteiger partial charge in [-0.3, -0.25) is 0 Å². The van der Waals surface area contributed by atoms with E-state index in [1.807, 2.05) is 0 Å². The van der Waals surface area contributed by atoms with Gasteiger partial charge in [0, 0.05) is 0 Å². The highest BCUT2D eigenvalue weighted by Gasteiger charge is 2.48. The zero-order valence-electron chi connectivity index (χ0n) is 19.9. The van der Waals surface area contributed by atoms with Crippen LogP contribution in [0.15, 0.2) is 97.1 Å². The minimum atomic E-state index is -2.04. The Morgan fingerprint density at radius 1 is 0.636 bits per heavy atom. The fourth-order valence-corrected chi connectivity index (χ4v) is 9.17. The molecule has 3 heteroatoms. The van der Waals surface area contributed by atoms with Crippen molar-refractivity contribution >= 4 is 23.2 Å². The van der Waals surface area contributed by atoms with E-state index in [-0.39, 0.29) is 12.4 Å². The Hall–Kier alpha value is -2.60. The highest BCUT2D eigenvalue weighted by molar-refractivity contribution is 7.95. The molecule has 4 aromatic carbocycles. The van der Waals surface area contributed by atoms with Crippen LogP contribution in [0.4, 0.5) is 0 Å². The average molecular weight is 475 g/mol. The molecule has 0 amide bonds. The van der Waals surface area contributed by atoms with Gasteiger partial charge in [-0.05, 0) is 86.3 Å². The third-order valence-electron chi connectivity index (χ3n) is 6.47. The smallest absolute Gasteiger partial charge is 0.162 e. The maximum absolute atomic E-state index is 6.24. The summed E-state index contributed by atoms with van der Waals surface area (Å²) in [5, 5.41) is 4.09. The standard InChI is InChI=1S/C30H32OP.ClH/c1-5-31-29-18-12-13-19-30(29)32(26-14-8-6-9-15-26,27-16-10-7-11-17-27)22-28-24(3)21-20-23(2)25(28)4;/h6-21H,5,22H2,1-4H3;1H/q+1;/p-1. The van der Waals surface area contributed by atoms with Crippen LogP contribution < -0.4 is 33.1 Å². The lowest BCUT2D eigenvalue weighted by Crippen LogP contribution is -3.00. The van der Waals surface area contributed by atoms with Gasteiger partial charge in [0.05, 0.1) is 12.8 Å². The van der Waals surface area contributed by atoms with E-state index >= 15 is 0 Å². The average Bonchev–Trinajstić information content (AvgIpc) is 2.84. The molecule has 0 fully saturated rings. The summed E-state index contributed by atoms with van der Waals surface area (Å²) in [7, 11) is -2.04. The van der Waals surface area contributed by atoms with Crippen molar-refractivity contribution in [3.63, 3.8) is 0 Å². The molecule has 0 aromatic heterocycles. The SMILES string of the molecule is CCOc1ccccc1[P+](Cc1c(C)ccc(C)c1C)(c1ccccc1)c1ccccc1.[Cl-]. The topological polar surface area (TPSA) is 9.23 Å². The molecule has 4 aromatic rings. The molecule has 0 heterocycles. The first-order valence-electron chi connectivity index (χ1n) is 11.3. The predicted molar refractivity (Wildman–Crippen MR) is 141 cm³/mol. The summed E-state index contributed by atoms with van der Waals surface area (Å²) < 4.78 is 6.24. The Morgan fingerprint density at radius 2 is 1.15 bits per heavy atom. The molecule has 0 N–H and O–H groups in total. The molecule has 0 atom stereocenters. The van der Waals surface area contributed by atoms with E-state index in [0.717, 1.165) is 11.9 Å². The molecule has 0 saturated carbocycles. The lowest BCUT2D eigenvalue weighted by atomic mass is 10.00. The first-order valence-corrected chi connectivity index (χ1v) is 13.3. The van der Waals surface area contributed by atoms with Gasteiger partial charge in [0.2, 0.25) is 0 Å². The van der Waals surface area contributed by atoms with Crippen molar-refractivity contribution in [2.75, 3.05) is 6.61 Å². The van der Waals surface area contributed by atoms with E-state index in [1.54, 1.807) is 0 Å². The normalized spacial score (nSPS) is 11.0. The van der Waals surface area contributed by atoms with Crippen LogP contribution in [0.1, 0.15) is 29.2 Å². The van der Waals surface area contributed by atoms with Crippen LogP contribution in [0.3, 0.4) is 0 Å². The molecule has 0 aliphatic rings. The van der Waals surface area contributed by atoms with Crippen LogP contribution in [0, 0.1) is 20.8 Å². The van der Waals surface area contributed by atoms with Crippen molar-refractivity contribution in [3.05, 3.63) is 119 Å². The summed E-state index contributed by atoms with van der Waals surface area (Å²) in [6, 6.07) is 35.3. The Morgan fingerprint density at radius 3 is 1.73 bits per heavy atom. The summed E-state index contributed by atoms with van der Waals surface area (Å²) in [4.78, 5) is 0. The van der Waals surface area contributed by atoms with E-state index < -0.39 is 7.26 Å². The summed E-state index contributed by atoms with van der Waals surface area (Å²) in [5.74, 6) is 0.999. The third-order valence-corrected chi connectivity index (χ3v) is 10.8. The predicted octanol–water partition coefficient (Wildman–Crippen LogP) is 3.51. The first kappa shape index (κ1) is 25.0. The third kappa shape index (κ3) is 4.86. The second kappa shape index (κ2) is 11.0. The molecule has 0 saturated heterocycles. The number of benzene rings is 4. The lowest BCUT2D eigenvalue weighted by Gasteiger charge is -2.30. The molecule has 0 aliphatic carbocycles. The van der Waals surface area contributed by atoms with Gasteiger partial charge in [0.25, 0.3) is 0 Å². The molecule has 0 aliphatic heterocycles. The molecular formula is C30H32ClOP. The Balaban J connectivity index is 0.00000306. The van der Waals surface area contributed by atoms with Crippen molar-refractivity contribution in [3.8, 4) is 5.75 Å². The van der Waals surface area contributed by atoms with E-state index in [1.165, 1.54) is 38.2 Å². The van der Waals surface area contributed by atoms with Gasteiger partial charge in [-0.2, -0.15) is 0 Å². The van der Waals surface area contributed by atoms with Gasteiger partial charge in [0.1, 0.15) is 23.2 Å². The van der Waals surface area contributed by atoms with Crippen LogP contribution in [-0.2, 0) is 6.16 Å². The quantitative estimate of drug-likeness (QED) is 0.372. The summed E-state index contributed by atoms with van der Waals surface area (Å²) >= 11 is 0. The highest BCUT2D eigenvalue weighted by Crippen LogP contribution is 2.60. The van der Waals surface area contributed by atoms with Crippen molar-refractivity contribution in [1.29, 1.82) is 0 Å². The van der Waals surface area contributed by atoms with E-state index in [0.29, 0.717) is 6.61 Å². The monoisotopic (exact) mass is 474 g/mol. The van der Waals surface area contributed by atoms with Crippen LogP contribution >= 0.6 is 7.26 Å². The lowest BCUT2D eigenvalue weighted by molar-refractivity contribution is -0.00000705. The number of para-hydroxylation sites is 1. The second-order valence-corrected chi connectivity index (χ2v) is 11.8. The molecule has 170 valence electrons. The Kier molecular flexibility index (Phi) is 8.35. The minimum absolute atomic E-state index is 0. The largest absolute Gasteiger partial charge is 1.00 e. The Bertz CT molecular complexity index is 1150. The van der Waals surface area contributed by atoms with E-state index in [2.05, 4.69) is 125 Å². The molecule has 33 heavy (non-hydrogen) atoms. The van der Waals surface area contributed by atoms with Crippen molar-refractivity contribution in [1.82, 2.24) is 0 Å². The zero-order valence-corrected chi connectivity index (χ0v) is 21.5. The van der Waals surface area contributed by atoms with Gasteiger partial charge >= 0.3 is 0 Å². The summed E-state index contributed by atoms with van der Waals surface area (Å²) in [6.45, 7) is 9.47. The molecular weight excluding hydrogens is 443 g/mol. The molecule has 0 unspecified atom stereocenters. The van der Waals surface area contributed by atoms with Crippen LogP contribution in [0.2, 0.25) is 0 Å². The van der Waals surface area contributed by atoms with Crippen LogP contribution in [0.5, 0.6) is 5.75 Å². The zero-order chi connectivity index (χ0) is 22.6. The molecule has 0 bridgehead atoms. The molecule has 0 spiro atoms. The van der Waals surface area contributed by atoms with E-state index in [4.69, 9.17) is 4.74 Å². The minimum Gasteiger partial charge on any atom is -1.00 e. The van der Waals surface area contributed by atoms with Crippen molar-refractivity contribution in [2.45, 2.75) is 33.9 Å². The maximum Gasteiger partial charge on any atom is 0.162 e. The maximum atomic E-state index is 6.24. The van der Waals surface area contributed by atoms with Gasteiger partial charge < -0.3 is 17.1 Å². The van der Waals surface area contributed by atoms with Crippen molar-refractivity contribution < 1.29 is 17.1 Å². The summed E-state index contributed by atoms with van der Waals surface area (Å²) in [6.07, 6.45) is 0.977. The first-order chi connectivity index (χ1) is 15.6. The van der Waals surface area contributed by atoms with Crippen LogP contribution in [-0.4, -0.2) is 6.61 Å². The summed E-state index contributed by atoms with van der Waals surface area (Å²) in [5.41, 5.74) is 5.56. The molecule has 0 radical (unpaired) electrons. The molecule has 4 rings (SSSR count). The van der Waals surface area contributed by atoms with Crippen molar-refractivity contribution in [2.24, 2.45) is 0 Å². The van der Waals surface area contributed by atoms with Gasteiger partial charge in [-0.15, -0.1) is 0 Å². The number of hydrogen-bond acceptors (Lipinski definition) is 1. The van der Waals surface area contributed by atoms with Crippen LogP contribution in [0.25, 0.3) is 0 Å². The fourth-order valence-electron chi connectivity index (χ4n) is 4.60. The fraction of sp³-hybridized carbons (Fsp3) is 0.200. The number of rotatable bonds is 7. The van der Waals surface area contributed by atoms with Gasteiger partial charge in [0.15, 0.2) is 5.75 Å². The second-order valence-electron chi connectivity index (χ2n) is 8.34. The molecule has 1 nitrogen and oxygen atoms in total. The van der Waals surface area contributed by atoms with E-state index in [9.17, 15) is 0 Å². The van der Waals surface area contributed by atoms with Gasteiger partial charge in [-0.1, -0.05) is 60.7 Å². The van der Waals surface area contributed by atoms with Gasteiger partial charge in [-0.25, -0.2) is 0 Å². The number of aryl methyl sites for hydroxylation is 2. The number of hydrogen-bond donors (Lipinski definition) is 0. The number of ether oxygens (including phenoxy) is 1. The highest BCUT2D eigenvalue weighted by atomic mass is 35.5. The number of halogens is 1.